The standard InChI is InChI=1S/C13H9F3N4O/c1-8(21)9-7-18-20(12(9)13(14,15)16)11-3-2-6-19-10(11)4-5-17-19/h2-7H,1H3. The second-order valence-electron chi connectivity index (χ2n) is 4.43. The Bertz CT molecular complexity index is 831. The van der Waals surface area contributed by atoms with Gasteiger partial charge in [0.05, 0.1) is 29.2 Å². The van der Waals surface area contributed by atoms with Crippen LogP contribution in [-0.2, 0) is 6.18 Å². The fourth-order valence-corrected chi connectivity index (χ4v) is 2.18. The third-order valence-electron chi connectivity index (χ3n) is 3.06. The summed E-state index contributed by atoms with van der Waals surface area (Å²) in [6.45, 7) is 1.08. The van der Waals surface area contributed by atoms with Crippen LogP contribution in [0.5, 0.6) is 0 Å². The van der Waals surface area contributed by atoms with E-state index in [-0.39, 0.29) is 5.69 Å². The van der Waals surface area contributed by atoms with E-state index >= 15 is 0 Å². The molecule has 8 heteroatoms. The van der Waals surface area contributed by atoms with Crippen molar-refractivity contribution in [3.63, 3.8) is 0 Å². The number of halogens is 3. The van der Waals surface area contributed by atoms with E-state index in [1.165, 1.54) is 16.8 Å². The van der Waals surface area contributed by atoms with Crippen molar-refractivity contribution >= 4 is 11.3 Å². The smallest absolute Gasteiger partial charge is 0.294 e. The molecule has 0 aromatic carbocycles. The number of rotatable bonds is 2. The first-order chi connectivity index (χ1) is 9.89. The molecule has 3 aromatic heterocycles. The van der Waals surface area contributed by atoms with Crippen LogP contribution in [0, 0.1) is 0 Å². The lowest BCUT2D eigenvalue weighted by Crippen LogP contribution is -2.17. The molecule has 0 unspecified atom stereocenters. The fourth-order valence-electron chi connectivity index (χ4n) is 2.18. The minimum absolute atomic E-state index is 0.204. The normalized spacial score (nSPS) is 12.0. The van der Waals surface area contributed by atoms with E-state index in [0.717, 1.165) is 17.8 Å². The van der Waals surface area contributed by atoms with Crippen LogP contribution < -0.4 is 0 Å². The van der Waals surface area contributed by atoms with Crippen molar-refractivity contribution in [1.82, 2.24) is 19.4 Å². The zero-order valence-electron chi connectivity index (χ0n) is 10.8. The van der Waals surface area contributed by atoms with Gasteiger partial charge < -0.3 is 0 Å². The molecule has 0 aliphatic carbocycles. The molecule has 0 saturated carbocycles. The lowest BCUT2D eigenvalue weighted by atomic mass is 10.1. The molecule has 21 heavy (non-hydrogen) atoms. The maximum absolute atomic E-state index is 13.3. The quantitative estimate of drug-likeness (QED) is 0.683. The highest BCUT2D eigenvalue weighted by Gasteiger charge is 2.40. The molecule has 3 rings (SSSR count). The van der Waals surface area contributed by atoms with Crippen LogP contribution in [0.2, 0.25) is 0 Å². The van der Waals surface area contributed by atoms with Gasteiger partial charge in [-0.15, -0.1) is 0 Å². The number of fused-ring (bicyclic) bond motifs is 1. The van der Waals surface area contributed by atoms with E-state index < -0.39 is 23.2 Å². The highest BCUT2D eigenvalue weighted by molar-refractivity contribution is 5.95. The van der Waals surface area contributed by atoms with Crippen molar-refractivity contribution in [2.24, 2.45) is 0 Å². The van der Waals surface area contributed by atoms with Gasteiger partial charge in [-0.3, -0.25) is 4.79 Å². The Morgan fingerprint density at radius 3 is 2.67 bits per heavy atom. The monoisotopic (exact) mass is 294 g/mol. The Balaban J connectivity index is 2.33. The van der Waals surface area contributed by atoms with Crippen LogP contribution in [0.4, 0.5) is 13.2 Å². The van der Waals surface area contributed by atoms with Crippen LogP contribution in [0.25, 0.3) is 11.2 Å². The predicted molar refractivity (Wildman–Crippen MR) is 67.3 cm³/mol. The van der Waals surface area contributed by atoms with Crippen molar-refractivity contribution in [2.45, 2.75) is 13.1 Å². The van der Waals surface area contributed by atoms with Gasteiger partial charge in [-0.05, 0) is 25.1 Å². The molecule has 0 fully saturated rings. The average Bonchev–Trinajstić information content (AvgIpc) is 3.04. The SMILES string of the molecule is CC(=O)c1cnn(-c2cccn3nccc23)c1C(F)(F)F. The van der Waals surface area contributed by atoms with Crippen molar-refractivity contribution in [1.29, 1.82) is 0 Å². The number of ketones is 1. The summed E-state index contributed by atoms with van der Waals surface area (Å²) in [7, 11) is 0. The van der Waals surface area contributed by atoms with E-state index in [1.807, 2.05) is 0 Å². The molecule has 0 bridgehead atoms. The van der Waals surface area contributed by atoms with Gasteiger partial charge in [-0.25, -0.2) is 9.20 Å². The Kier molecular flexibility index (Phi) is 2.82. The first-order valence-corrected chi connectivity index (χ1v) is 5.98. The highest BCUT2D eigenvalue weighted by Crippen LogP contribution is 2.34. The molecular formula is C13H9F3N4O. The number of nitrogens with zero attached hydrogens (tertiary/aromatic N) is 4. The van der Waals surface area contributed by atoms with Crippen LogP contribution in [-0.4, -0.2) is 25.2 Å². The average molecular weight is 294 g/mol. The van der Waals surface area contributed by atoms with Crippen molar-refractivity contribution < 1.29 is 18.0 Å². The molecular weight excluding hydrogens is 285 g/mol. The number of hydrogen-bond acceptors (Lipinski definition) is 3. The molecule has 0 atom stereocenters. The summed E-state index contributed by atoms with van der Waals surface area (Å²) in [5.41, 5.74) is -0.871. The maximum Gasteiger partial charge on any atom is 0.434 e. The lowest BCUT2D eigenvalue weighted by Gasteiger charge is -2.12. The van der Waals surface area contributed by atoms with Crippen molar-refractivity contribution in [3.8, 4) is 5.69 Å². The van der Waals surface area contributed by atoms with Gasteiger partial charge in [0.1, 0.15) is 0 Å². The Morgan fingerprint density at radius 2 is 2.00 bits per heavy atom. The molecule has 5 nitrogen and oxygen atoms in total. The first-order valence-electron chi connectivity index (χ1n) is 5.98. The number of aromatic nitrogens is 4. The summed E-state index contributed by atoms with van der Waals surface area (Å²) in [6.07, 6.45) is -0.668. The molecule has 0 aliphatic rings. The summed E-state index contributed by atoms with van der Waals surface area (Å²) in [5, 5.41) is 7.70. The zero-order valence-corrected chi connectivity index (χ0v) is 10.8. The number of carbonyl (C=O) groups excluding carboxylic acids is 1. The van der Waals surface area contributed by atoms with Gasteiger partial charge in [0.15, 0.2) is 11.5 Å². The Hall–Kier alpha value is -2.64. The molecule has 108 valence electrons. The maximum atomic E-state index is 13.3. The second-order valence-corrected chi connectivity index (χ2v) is 4.43. The largest absolute Gasteiger partial charge is 0.434 e. The summed E-state index contributed by atoms with van der Waals surface area (Å²) in [5.74, 6) is -0.686. The number of Topliss-reactive ketones (excluding diaryl/α,β-unsaturated/α-hetero) is 1. The van der Waals surface area contributed by atoms with E-state index in [2.05, 4.69) is 10.2 Å². The van der Waals surface area contributed by atoms with Gasteiger partial charge in [-0.2, -0.15) is 23.4 Å². The summed E-state index contributed by atoms with van der Waals surface area (Å²) in [6, 6.07) is 4.62. The lowest BCUT2D eigenvalue weighted by molar-refractivity contribution is -0.143. The molecule has 3 aromatic rings. The summed E-state index contributed by atoms with van der Waals surface area (Å²) in [4.78, 5) is 11.4. The number of carbonyl (C=O) groups is 1. The van der Waals surface area contributed by atoms with Crippen molar-refractivity contribution in [2.75, 3.05) is 0 Å². The van der Waals surface area contributed by atoms with Gasteiger partial charge in [0.2, 0.25) is 0 Å². The van der Waals surface area contributed by atoms with E-state index in [9.17, 15) is 18.0 Å². The minimum atomic E-state index is -4.69. The first kappa shape index (κ1) is 13.3. The molecule has 0 N–H and O–H groups in total. The highest BCUT2D eigenvalue weighted by atomic mass is 19.4. The Labute approximate surface area is 116 Å². The molecule has 0 saturated heterocycles. The molecule has 0 aliphatic heterocycles. The van der Waals surface area contributed by atoms with Crippen LogP contribution in [0.15, 0.2) is 36.8 Å². The summed E-state index contributed by atoms with van der Waals surface area (Å²) < 4.78 is 42.0. The summed E-state index contributed by atoms with van der Waals surface area (Å²) >= 11 is 0. The van der Waals surface area contributed by atoms with E-state index in [0.29, 0.717) is 5.52 Å². The van der Waals surface area contributed by atoms with Gasteiger partial charge >= 0.3 is 6.18 Å². The predicted octanol–water partition coefficient (Wildman–Crippen LogP) is 2.74. The molecule has 3 heterocycles. The molecule has 0 radical (unpaired) electrons. The third-order valence-corrected chi connectivity index (χ3v) is 3.06. The van der Waals surface area contributed by atoms with Crippen LogP contribution in [0.3, 0.4) is 0 Å². The minimum Gasteiger partial charge on any atom is -0.294 e. The van der Waals surface area contributed by atoms with Crippen molar-refractivity contribution in [3.05, 3.63) is 48.0 Å². The zero-order chi connectivity index (χ0) is 15.2. The molecule has 0 spiro atoms. The van der Waals surface area contributed by atoms with Gasteiger partial charge in [-0.1, -0.05) is 0 Å². The second kappa shape index (κ2) is 4.44. The van der Waals surface area contributed by atoms with Gasteiger partial charge in [0.25, 0.3) is 0 Å². The van der Waals surface area contributed by atoms with E-state index in [4.69, 9.17) is 0 Å². The van der Waals surface area contributed by atoms with Gasteiger partial charge in [0, 0.05) is 6.20 Å². The molecule has 0 amide bonds. The fraction of sp³-hybridized carbons (Fsp3) is 0.154. The number of alkyl halides is 3. The topological polar surface area (TPSA) is 52.2 Å². The number of pyridine rings is 1. The third kappa shape index (κ3) is 2.08. The van der Waals surface area contributed by atoms with Crippen LogP contribution >= 0.6 is 0 Å². The van der Waals surface area contributed by atoms with E-state index in [1.54, 1.807) is 18.3 Å². The number of hydrogen-bond donors (Lipinski definition) is 0. The Morgan fingerprint density at radius 1 is 1.24 bits per heavy atom. The van der Waals surface area contributed by atoms with Crippen LogP contribution in [0.1, 0.15) is 23.0 Å².